The molecule has 0 aromatic carbocycles. The van der Waals surface area contributed by atoms with E-state index in [9.17, 15) is 18.3 Å². The highest BCUT2D eigenvalue weighted by Crippen LogP contribution is 2.42. The number of hydrogen-bond donors (Lipinski definition) is 2. The van der Waals surface area contributed by atoms with E-state index in [4.69, 9.17) is 0 Å². The second-order valence-corrected chi connectivity index (χ2v) is 4.25. The summed E-state index contributed by atoms with van der Waals surface area (Å²) < 4.78 is 37.0. The van der Waals surface area contributed by atoms with Crippen LogP contribution in [0, 0.1) is 0 Å². The topological polar surface area (TPSA) is 41.5 Å². The van der Waals surface area contributed by atoms with Gasteiger partial charge in [-0.1, -0.05) is 6.07 Å². The Hall–Kier alpha value is -0.630. The minimum atomic E-state index is -4.79. The van der Waals surface area contributed by atoms with Gasteiger partial charge in [-0.25, -0.2) is 0 Å². The summed E-state index contributed by atoms with van der Waals surface area (Å²) >= 11 is 1.31. The molecule has 1 saturated heterocycles. The van der Waals surface area contributed by atoms with Crippen molar-refractivity contribution in [3.8, 4) is 0 Å². The Bertz CT molecular complexity index is 340. The van der Waals surface area contributed by atoms with Crippen LogP contribution in [0.2, 0.25) is 0 Å². The highest BCUT2D eigenvalue weighted by Gasteiger charge is 2.60. The first-order chi connectivity index (χ1) is 6.92. The van der Waals surface area contributed by atoms with Gasteiger partial charge in [0.15, 0.2) is 0 Å². The molecule has 0 aliphatic carbocycles. The van der Waals surface area contributed by atoms with Crippen LogP contribution in [-0.4, -0.2) is 17.1 Å². The monoisotopic (exact) mass is 239 g/mol. The molecule has 0 spiro atoms. The summed E-state index contributed by atoms with van der Waals surface area (Å²) in [5, 5.41) is 10.9. The number of halogens is 3. The number of aliphatic hydroxyl groups is 1. The average Bonchev–Trinajstić information content (AvgIpc) is 2.70. The van der Waals surface area contributed by atoms with Gasteiger partial charge >= 0.3 is 6.18 Å². The molecule has 0 radical (unpaired) electrons. The van der Waals surface area contributed by atoms with E-state index < -0.39 is 24.4 Å². The summed E-state index contributed by atoms with van der Waals surface area (Å²) in [5.41, 5.74) is 2.20. The maximum atomic E-state index is 12.3. The molecule has 15 heavy (non-hydrogen) atoms. The van der Waals surface area contributed by atoms with Crippen LogP contribution >= 0.6 is 11.3 Å². The number of thiophene rings is 1. The van der Waals surface area contributed by atoms with Gasteiger partial charge in [0.1, 0.15) is 0 Å². The van der Waals surface area contributed by atoms with Gasteiger partial charge in [-0.3, -0.25) is 4.84 Å². The highest BCUT2D eigenvalue weighted by molar-refractivity contribution is 7.10. The van der Waals surface area contributed by atoms with Crippen LogP contribution in [0.5, 0.6) is 0 Å². The first kappa shape index (κ1) is 10.9. The van der Waals surface area contributed by atoms with E-state index in [1.165, 1.54) is 11.3 Å². The summed E-state index contributed by atoms with van der Waals surface area (Å²) in [7, 11) is 0. The quantitative estimate of drug-likeness (QED) is 0.787. The molecule has 2 rings (SSSR count). The van der Waals surface area contributed by atoms with Gasteiger partial charge in [0.2, 0.25) is 0 Å². The van der Waals surface area contributed by atoms with E-state index in [-0.39, 0.29) is 0 Å². The van der Waals surface area contributed by atoms with Crippen LogP contribution in [0.4, 0.5) is 13.2 Å². The fraction of sp³-hybridized carbons (Fsp3) is 0.500. The van der Waals surface area contributed by atoms with Crippen molar-refractivity contribution in [3.05, 3.63) is 22.4 Å². The van der Waals surface area contributed by atoms with Crippen LogP contribution in [-0.2, 0) is 4.84 Å². The van der Waals surface area contributed by atoms with Crippen LogP contribution in [0.15, 0.2) is 17.5 Å². The van der Waals surface area contributed by atoms with E-state index >= 15 is 0 Å². The van der Waals surface area contributed by atoms with Crippen molar-refractivity contribution in [1.82, 2.24) is 5.48 Å². The maximum Gasteiger partial charge on any atom is 0.444 e. The molecule has 2 unspecified atom stereocenters. The molecule has 0 amide bonds. The largest absolute Gasteiger partial charge is 0.444 e. The molecule has 1 aliphatic rings. The first-order valence-corrected chi connectivity index (χ1v) is 5.06. The van der Waals surface area contributed by atoms with E-state index in [0.717, 1.165) is 0 Å². The zero-order chi connectivity index (χ0) is 11.1. The zero-order valence-corrected chi connectivity index (χ0v) is 8.23. The summed E-state index contributed by atoms with van der Waals surface area (Å²) in [6.07, 6.45) is -5.32. The number of alkyl halides is 3. The molecule has 1 aromatic rings. The number of hydroxylamine groups is 1. The van der Waals surface area contributed by atoms with Gasteiger partial charge in [-0.15, -0.1) is 11.3 Å². The predicted octanol–water partition coefficient (Wildman–Crippen LogP) is 1.96. The number of rotatable bonds is 1. The SMILES string of the molecule is OC1(C(F)(F)F)CC(c2cccs2)NO1. The van der Waals surface area contributed by atoms with Gasteiger partial charge in [0.05, 0.1) is 6.04 Å². The maximum absolute atomic E-state index is 12.3. The van der Waals surface area contributed by atoms with Crippen LogP contribution in [0.25, 0.3) is 0 Å². The Morgan fingerprint density at radius 2 is 2.33 bits per heavy atom. The molecular weight excluding hydrogens is 231 g/mol. The van der Waals surface area contributed by atoms with Gasteiger partial charge in [0, 0.05) is 11.3 Å². The fourth-order valence-corrected chi connectivity index (χ4v) is 2.12. The minimum absolute atomic E-state index is 0.531. The first-order valence-electron chi connectivity index (χ1n) is 4.18. The Morgan fingerprint density at radius 3 is 2.80 bits per heavy atom. The van der Waals surface area contributed by atoms with E-state index in [0.29, 0.717) is 4.88 Å². The molecule has 7 heteroatoms. The third kappa shape index (κ3) is 1.87. The third-order valence-electron chi connectivity index (χ3n) is 2.18. The summed E-state index contributed by atoms with van der Waals surface area (Å²) in [6.45, 7) is 0. The van der Waals surface area contributed by atoms with E-state index in [1.54, 1.807) is 17.5 Å². The molecule has 0 bridgehead atoms. The molecule has 1 aromatic heterocycles. The lowest BCUT2D eigenvalue weighted by atomic mass is 10.1. The van der Waals surface area contributed by atoms with Crippen LogP contribution < -0.4 is 5.48 Å². The molecule has 2 heterocycles. The lowest BCUT2D eigenvalue weighted by Gasteiger charge is -2.22. The number of nitrogens with one attached hydrogen (secondary N) is 1. The average molecular weight is 239 g/mol. The summed E-state index contributed by atoms with van der Waals surface area (Å²) in [4.78, 5) is 4.93. The molecule has 0 saturated carbocycles. The van der Waals surface area contributed by atoms with Gasteiger partial charge in [-0.05, 0) is 11.4 Å². The van der Waals surface area contributed by atoms with E-state index in [2.05, 4.69) is 10.3 Å². The molecule has 1 fully saturated rings. The zero-order valence-electron chi connectivity index (χ0n) is 7.41. The van der Waals surface area contributed by atoms with E-state index in [1.807, 2.05) is 0 Å². The Morgan fingerprint density at radius 1 is 1.60 bits per heavy atom. The van der Waals surface area contributed by atoms with Gasteiger partial charge < -0.3 is 5.11 Å². The van der Waals surface area contributed by atoms with Crippen molar-refractivity contribution in [2.24, 2.45) is 0 Å². The van der Waals surface area contributed by atoms with Gasteiger partial charge in [-0.2, -0.15) is 18.7 Å². The summed E-state index contributed by atoms with van der Waals surface area (Å²) in [6, 6.07) is 2.80. The van der Waals surface area contributed by atoms with Crippen LogP contribution in [0.1, 0.15) is 17.3 Å². The molecule has 2 N–H and O–H groups in total. The molecule has 1 aliphatic heterocycles. The van der Waals surface area contributed by atoms with Crippen molar-refractivity contribution in [2.45, 2.75) is 24.4 Å². The van der Waals surface area contributed by atoms with Gasteiger partial charge in [0.25, 0.3) is 5.79 Å². The smallest absolute Gasteiger partial charge is 0.357 e. The Kier molecular flexibility index (Phi) is 2.50. The third-order valence-corrected chi connectivity index (χ3v) is 3.17. The van der Waals surface area contributed by atoms with Crippen molar-refractivity contribution >= 4 is 11.3 Å². The molecular formula is C8H8F3NO2S. The van der Waals surface area contributed by atoms with Crippen molar-refractivity contribution < 1.29 is 23.1 Å². The lowest BCUT2D eigenvalue weighted by Crippen LogP contribution is -2.45. The van der Waals surface area contributed by atoms with Crippen molar-refractivity contribution in [2.75, 3.05) is 0 Å². The Balaban J connectivity index is 2.13. The van der Waals surface area contributed by atoms with Crippen LogP contribution in [0.3, 0.4) is 0 Å². The molecule has 2 atom stereocenters. The Labute approximate surface area is 87.4 Å². The predicted molar refractivity (Wildman–Crippen MR) is 46.9 cm³/mol. The lowest BCUT2D eigenvalue weighted by molar-refractivity contribution is -0.361. The standard InChI is InChI=1S/C8H8F3NO2S/c9-8(10,11)7(13)4-5(12-14-7)6-2-1-3-15-6/h1-3,5,12-13H,4H2. The normalized spacial score (nSPS) is 32.1. The number of hydrogen-bond acceptors (Lipinski definition) is 4. The highest BCUT2D eigenvalue weighted by atomic mass is 32.1. The molecule has 3 nitrogen and oxygen atoms in total. The second kappa shape index (κ2) is 3.44. The summed E-state index contributed by atoms with van der Waals surface area (Å²) in [5.74, 6) is -3.08. The second-order valence-electron chi connectivity index (χ2n) is 3.27. The fourth-order valence-electron chi connectivity index (χ4n) is 1.35. The van der Waals surface area contributed by atoms with Crippen molar-refractivity contribution in [1.29, 1.82) is 0 Å². The minimum Gasteiger partial charge on any atom is -0.357 e. The molecule has 84 valence electrons. The van der Waals surface area contributed by atoms with Crippen molar-refractivity contribution in [3.63, 3.8) is 0 Å².